The molecular weight excluding hydrogens is 206 g/mol. The molecule has 0 saturated heterocycles. The molecule has 0 spiro atoms. The molecule has 1 aromatic carbocycles. The van der Waals surface area contributed by atoms with Gasteiger partial charge >= 0.3 is 0 Å². The SMILES string of the molecule is CCC(CC)CNc1c(C)cccc1Cl. The lowest BCUT2D eigenvalue weighted by Crippen LogP contribution is -2.13. The number of anilines is 1. The van der Waals surface area contributed by atoms with E-state index >= 15 is 0 Å². The first kappa shape index (κ1) is 12.4. The quantitative estimate of drug-likeness (QED) is 0.778. The molecule has 0 radical (unpaired) electrons. The van der Waals surface area contributed by atoms with E-state index in [4.69, 9.17) is 11.6 Å². The monoisotopic (exact) mass is 225 g/mol. The Balaban J connectivity index is 2.64. The number of aryl methyl sites for hydroxylation is 1. The summed E-state index contributed by atoms with van der Waals surface area (Å²) in [6.07, 6.45) is 2.43. The molecule has 0 aliphatic rings. The van der Waals surface area contributed by atoms with Gasteiger partial charge in [-0.05, 0) is 24.5 Å². The lowest BCUT2D eigenvalue weighted by atomic mass is 10.0. The Morgan fingerprint density at radius 1 is 1.27 bits per heavy atom. The van der Waals surface area contributed by atoms with Crippen molar-refractivity contribution < 1.29 is 0 Å². The molecule has 0 aliphatic heterocycles. The molecule has 84 valence electrons. The number of hydrogen-bond acceptors (Lipinski definition) is 1. The van der Waals surface area contributed by atoms with Gasteiger partial charge in [0.15, 0.2) is 0 Å². The maximum Gasteiger partial charge on any atom is 0.0640 e. The minimum atomic E-state index is 0.737. The van der Waals surface area contributed by atoms with Gasteiger partial charge in [-0.3, -0.25) is 0 Å². The Morgan fingerprint density at radius 2 is 1.93 bits per heavy atom. The van der Waals surface area contributed by atoms with Gasteiger partial charge in [-0.15, -0.1) is 0 Å². The maximum absolute atomic E-state index is 6.14. The van der Waals surface area contributed by atoms with Crippen molar-refractivity contribution in [1.82, 2.24) is 0 Å². The summed E-state index contributed by atoms with van der Waals surface area (Å²) in [5.41, 5.74) is 2.31. The molecule has 0 fully saturated rings. The van der Waals surface area contributed by atoms with Crippen molar-refractivity contribution in [2.75, 3.05) is 11.9 Å². The summed E-state index contributed by atoms with van der Waals surface area (Å²) in [6.45, 7) is 7.56. The lowest BCUT2D eigenvalue weighted by molar-refractivity contribution is 0.519. The van der Waals surface area contributed by atoms with Crippen LogP contribution in [-0.4, -0.2) is 6.54 Å². The van der Waals surface area contributed by atoms with Gasteiger partial charge < -0.3 is 5.32 Å². The van der Waals surface area contributed by atoms with Crippen LogP contribution < -0.4 is 5.32 Å². The van der Waals surface area contributed by atoms with Crippen molar-refractivity contribution in [3.05, 3.63) is 28.8 Å². The average Bonchev–Trinajstić information content (AvgIpc) is 2.23. The van der Waals surface area contributed by atoms with E-state index < -0.39 is 0 Å². The smallest absolute Gasteiger partial charge is 0.0640 e. The van der Waals surface area contributed by atoms with Gasteiger partial charge in [0, 0.05) is 6.54 Å². The van der Waals surface area contributed by atoms with Crippen LogP contribution >= 0.6 is 11.6 Å². The average molecular weight is 226 g/mol. The van der Waals surface area contributed by atoms with Crippen molar-refractivity contribution in [3.63, 3.8) is 0 Å². The molecule has 0 saturated carbocycles. The third-order valence-electron chi connectivity index (χ3n) is 2.94. The van der Waals surface area contributed by atoms with E-state index in [0.717, 1.165) is 23.2 Å². The normalized spacial score (nSPS) is 10.7. The first-order valence-electron chi connectivity index (χ1n) is 5.68. The predicted molar refractivity (Wildman–Crippen MR) is 68.8 cm³/mol. The van der Waals surface area contributed by atoms with Crippen LogP contribution in [0, 0.1) is 12.8 Å². The summed E-state index contributed by atoms with van der Waals surface area (Å²) in [7, 11) is 0. The summed E-state index contributed by atoms with van der Waals surface area (Å²) >= 11 is 6.14. The molecule has 15 heavy (non-hydrogen) atoms. The summed E-state index contributed by atoms with van der Waals surface area (Å²) in [5.74, 6) is 0.737. The second-order valence-corrected chi connectivity index (χ2v) is 4.40. The van der Waals surface area contributed by atoms with Crippen LogP contribution in [0.15, 0.2) is 18.2 Å². The molecule has 0 aliphatic carbocycles. The molecule has 0 amide bonds. The van der Waals surface area contributed by atoms with Crippen LogP contribution in [0.5, 0.6) is 0 Å². The van der Waals surface area contributed by atoms with E-state index in [0.29, 0.717) is 0 Å². The molecule has 1 N–H and O–H groups in total. The minimum absolute atomic E-state index is 0.737. The van der Waals surface area contributed by atoms with Gasteiger partial charge in [0.25, 0.3) is 0 Å². The highest BCUT2D eigenvalue weighted by Crippen LogP contribution is 2.25. The standard InChI is InChI=1S/C13H20ClN/c1-4-11(5-2)9-15-13-10(3)7-6-8-12(13)14/h6-8,11,15H,4-5,9H2,1-3H3. The van der Waals surface area contributed by atoms with Gasteiger partial charge in [0.2, 0.25) is 0 Å². The van der Waals surface area contributed by atoms with E-state index in [1.165, 1.54) is 18.4 Å². The number of halogens is 1. The number of nitrogens with one attached hydrogen (secondary N) is 1. The van der Waals surface area contributed by atoms with Crippen molar-refractivity contribution in [2.24, 2.45) is 5.92 Å². The number of para-hydroxylation sites is 1. The maximum atomic E-state index is 6.14. The molecule has 1 nitrogen and oxygen atoms in total. The Labute approximate surface area is 97.8 Å². The summed E-state index contributed by atoms with van der Waals surface area (Å²) < 4.78 is 0. The zero-order chi connectivity index (χ0) is 11.3. The Kier molecular flexibility index (Phi) is 4.97. The van der Waals surface area contributed by atoms with E-state index in [9.17, 15) is 0 Å². The second-order valence-electron chi connectivity index (χ2n) is 4.00. The highest BCUT2D eigenvalue weighted by Gasteiger charge is 2.06. The van der Waals surface area contributed by atoms with Crippen molar-refractivity contribution >= 4 is 17.3 Å². The van der Waals surface area contributed by atoms with Gasteiger partial charge in [0.1, 0.15) is 0 Å². The number of hydrogen-bond donors (Lipinski definition) is 1. The fourth-order valence-electron chi connectivity index (χ4n) is 1.68. The fourth-order valence-corrected chi connectivity index (χ4v) is 1.97. The fraction of sp³-hybridized carbons (Fsp3) is 0.538. The molecule has 2 heteroatoms. The third-order valence-corrected chi connectivity index (χ3v) is 3.26. The topological polar surface area (TPSA) is 12.0 Å². The van der Waals surface area contributed by atoms with E-state index in [2.05, 4.69) is 32.2 Å². The Bertz CT molecular complexity index is 285. The van der Waals surface area contributed by atoms with Crippen LogP contribution in [0.3, 0.4) is 0 Å². The van der Waals surface area contributed by atoms with Crippen molar-refractivity contribution in [1.29, 1.82) is 0 Å². The molecule has 1 aromatic rings. The minimum Gasteiger partial charge on any atom is -0.383 e. The van der Waals surface area contributed by atoms with Gasteiger partial charge in [-0.1, -0.05) is 50.4 Å². The first-order chi connectivity index (χ1) is 7.19. The first-order valence-corrected chi connectivity index (χ1v) is 6.05. The van der Waals surface area contributed by atoms with E-state index in [-0.39, 0.29) is 0 Å². The zero-order valence-electron chi connectivity index (χ0n) is 9.81. The number of benzene rings is 1. The van der Waals surface area contributed by atoms with Crippen LogP contribution in [0.4, 0.5) is 5.69 Å². The molecule has 0 heterocycles. The van der Waals surface area contributed by atoms with Crippen LogP contribution in [0.2, 0.25) is 5.02 Å². The molecular formula is C13H20ClN. The van der Waals surface area contributed by atoms with E-state index in [1.54, 1.807) is 0 Å². The van der Waals surface area contributed by atoms with E-state index in [1.807, 2.05) is 12.1 Å². The third kappa shape index (κ3) is 3.42. The van der Waals surface area contributed by atoms with Gasteiger partial charge in [-0.25, -0.2) is 0 Å². The highest BCUT2D eigenvalue weighted by atomic mass is 35.5. The van der Waals surface area contributed by atoms with Crippen LogP contribution in [0.1, 0.15) is 32.3 Å². The molecule has 0 unspecified atom stereocenters. The largest absolute Gasteiger partial charge is 0.383 e. The number of rotatable bonds is 5. The molecule has 0 atom stereocenters. The highest BCUT2D eigenvalue weighted by molar-refractivity contribution is 6.33. The second kappa shape index (κ2) is 6.02. The Morgan fingerprint density at radius 3 is 2.47 bits per heavy atom. The van der Waals surface area contributed by atoms with Crippen LogP contribution in [-0.2, 0) is 0 Å². The van der Waals surface area contributed by atoms with Crippen LogP contribution in [0.25, 0.3) is 0 Å². The van der Waals surface area contributed by atoms with Gasteiger partial charge in [0.05, 0.1) is 10.7 Å². The molecule has 1 rings (SSSR count). The van der Waals surface area contributed by atoms with Crippen molar-refractivity contribution in [3.8, 4) is 0 Å². The summed E-state index contributed by atoms with van der Waals surface area (Å²) in [5, 5.41) is 4.27. The zero-order valence-corrected chi connectivity index (χ0v) is 10.6. The van der Waals surface area contributed by atoms with Gasteiger partial charge in [-0.2, -0.15) is 0 Å². The van der Waals surface area contributed by atoms with Crippen molar-refractivity contribution in [2.45, 2.75) is 33.6 Å². The lowest BCUT2D eigenvalue weighted by Gasteiger charge is -2.16. The molecule has 0 aromatic heterocycles. The predicted octanol–water partition coefficient (Wildman–Crippen LogP) is 4.50. The molecule has 0 bridgehead atoms. The summed E-state index contributed by atoms with van der Waals surface area (Å²) in [4.78, 5) is 0. The summed E-state index contributed by atoms with van der Waals surface area (Å²) in [6, 6.07) is 6.00. The Hall–Kier alpha value is -0.690.